The van der Waals surface area contributed by atoms with Crippen LogP contribution in [0.4, 0.5) is 0 Å². The van der Waals surface area contributed by atoms with Gasteiger partial charge in [0.15, 0.2) is 0 Å². The van der Waals surface area contributed by atoms with Gasteiger partial charge in [0.2, 0.25) is 0 Å². The van der Waals surface area contributed by atoms with Crippen molar-refractivity contribution in [3.63, 3.8) is 0 Å². The van der Waals surface area contributed by atoms with E-state index in [4.69, 9.17) is 4.55 Å². The molecule has 3 nitrogen and oxygen atoms in total. The zero-order valence-corrected chi connectivity index (χ0v) is 7.73. The van der Waals surface area contributed by atoms with Crippen molar-refractivity contribution in [1.29, 1.82) is 0 Å². The second kappa shape index (κ2) is 4.03. The standard InChI is InChI=1S/C4H12O3SSi/c1-9-4-2-3-8(5,6)7/h2-4,9H2,1H3,(H,5,6,7). The molecule has 0 aromatic carbocycles. The molecule has 0 heterocycles. The minimum atomic E-state index is -3.67. The highest BCUT2D eigenvalue weighted by molar-refractivity contribution is 7.85. The van der Waals surface area contributed by atoms with E-state index in [9.17, 15) is 8.42 Å². The lowest BCUT2D eigenvalue weighted by atomic mass is 10.6. The summed E-state index contributed by atoms with van der Waals surface area (Å²) >= 11 is 0. The van der Waals surface area contributed by atoms with Crippen LogP contribution >= 0.6 is 0 Å². The molecule has 0 saturated carbocycles. The molecule has 0 spiro atoms. The molecule has 0 aromatic rings. The molecule has 0 aromatic heterocycles. The van der Waals surface area contributed by atoms with Gasteiger partial charge in [-0.3, -0.25) is 4.55 Å². The topological polar surface area (TPSA) is 54.4 Å². The average Bonchev–Trinajstić information content (AvgIpc) is 1.63. The lowest BCUT2D eigenvalue weighted by molar-refractivity contribution is 0.482. The first kappa shape index (κ1) is 9.13. The second-order valence-corrected chi connectivity index (χ2v) is 5.27. The molecule has 0 radical (unpaired) electrons. The summed E-state index contributed by atoms with van der Waals surface area (Å²) in [5.41, 5.74) is 0. The number of rotatable bonds is 4. The predicted octanol–water partition coefficient (Wildman–Crippen LogP) is -0.101. The van der Waals surface area contributed by atoms with Crippen LogP contribution in [-0.2, 0) is 10.1 Å². The van der Waals surface area contributed by atoms with Gasteiger partial charge in [0.1, 0.15) is 0 Å². The Labute approximate surface area is 58.0 Å². The number of hydrogen-bond donors (Lipinski definition) is 1. The molecule has 0 rings (SSSR count). The fraction of sp³-hybridized carbons (Fsp3) is 1.00. The van der Waals surface area contributed by atoms with Crippen molar-refractivity contribution in [1.82, 2.24) is 0 Å². The minimum absolute atomic E-state index is 0.0305. The van der Waals surface area contributed by atoms with Crippen molar-refractivity contribution in [2.45, 2.75) is 19.0 Å². The van der Waals surface area contributed by atoms with Crippen LogP contribution in [0.2, 0.25) is 12.6 Å². The van der Waals surface area contributed by atoms with Crippen molar-refractivity contribution in [2.75, 3.05) is 5.75 Å². The third kappa shape index (κ3) is 8.13. The summed E-state index contributed by atoms with van der Waals surface area (Å²) in [4.78, 5) is 0. The Kier molecular flexibility index (Phi) is 4.08. The molecule has 0 aliphatic heterocycles. The fourth-order valence-corrected chi connectivity index (χ4v) is 2.22. The van der Waals surface area contributed by atoms with E-state index < -0.39 is 10.1 Å². The SMILES string of the molecule is C[SiH2]CCCS(=O)(=O)O. The van der Waals surface area contributed by atoms with E-state index in [2.05, 4.69) is 6.55 Å². The van der Waals surface area contributed by atoms with Crippen LogP contribution in [0.25, 0.3) is 0 Å². The van der Waals surface area contributed by atoms with Crippen molar-refractivity contribution < 1.29 is 13.0 Å². The first-order valence-electron chi connectivity index (χ1n) is 3.01. The maximum atomic E-state index is 10.1. The van der Waals surface area contributed by atoms with Crippen LogP contribution in [0.1, 0.15) is 6.42 Å². The smallest absolute Gasteiger partial charge is 0.264 e. The molecule has 0 unspecified atom stereocenters. The van der Waals surface area contributed by atoms with Crippen molar-refractivity contribution in [3.8, 4) is 0 Å². The molecule has 0 amide bonds. The molecular weight excluding hydrogens is 156 g/mol. The van der Waals surface area contributed by atoms with Crippen LogP contribution in [0, 0.1) is 0 Å². The zero-order valence-electron chi connectivity index (χ0n) is 5.50. The Bertz CT molecular complexity index is 151. The average molecular weight is 168 g/mol. The van der Waals surface area contributed by atoms with E-state index in [0.29, 0.717) is 6.42 Å². The largest absolute Gasteiger partial charge is 0.286 e. The molecule has 5 heteroatoms. The van der Waals surface area contributed by atoms with Crippen molar-refractivity contribution in [2.24, 2.45) is 0 Å². The first-order chi connectivity index (χ1) is 4.06. The Balaban J connectivity index is 3.30. The third-order valence-electron chi connectivity index (χ3n) is 1.01. The van der Waals surface area contributed by atoms with Crippen molar-refractivity contribution in [3.05, 3.63) is 0 Å². The van der Waals surface area contributed by atoms with Gasteiger partial charge in [0, 0.05) is 9.52 Å². The van der Waals surface area contributed by atoms with Gasteiger partial charge in [0.05, 0.1) is 5.75 Å². The Morgan fingerprint density at radius 2 is 2.11 bits per heavy atom. The van der Waals surface area contributed by atoms with E-state index in [0.717, 1.165) is 6.04 Å². The molecule has 9 heavy (non-hydrogen) atoms. The van der Waals surface area contributed by atoms with Gasteiger partial charge in [-0.15, -0.1) is 0 Å². The summed E-state index contributed by atoms with van der Waals surface area (Å²) in [7, 11) is -3.70. The summed E-state index contributed by atoms with van der Waals surface area (Å²) in [6.45, 7) is 2.12. The van der Waals surface area contributed by atoms with Gasteiger partial charge in [-0.25, -0.2) is 0 Å². The predicted molar refractivity (Wildman–Crippen MR) is 40.2 cm³/mol. The molecule has 0 atom stereocenters. The molecule has 0 aliphatic carbocycles. The number of hydrogen-bond acceptors (Lipinski definition) is 2. The molecule has 0 fully saturated rings. The molecule has 1 N–H and O–H groups in total. The summed E-state index contributed by atoms with van der Waals surface area (Å²) in [5, 5.41) is 0. The second-order valence-electron chi connectivity index (χ2n) is 1.99. The maximum absolute atomic E-state index is 10.1. The zero-order chi connectivity index (χ0) is 7.33. The van der Waals surface area contributed by atoms with Crippen LogP contribution < -0.4 is 0 Å². The van der Waals surface area contributed by atoms with E-state index >= 15 is 0 Å². The summed E-state index contributed by atoms with van der Waals surface area (Å²) < 4.78 is 28.4. The lowest BCUT2D eigenvalue weighted by Crippen LogP contribution is -2.03. The van der Waals surface area contributed by atoms with Gasteiger partial charge in [-0.05, 0) is 6.42 Å². The Morgan fingerprint density at radius 1 is 1.56 bits per heavy atom. The minimum Gasteiger partial charge on any atom is -0.286 e. The van der Waals surface area contributed by atoms with E-state index in [1.54, 1.807) is 0 Å². The fourth-order valence-electron chi connectivity index (χ4n) is 0.534. The van der Waals surface area contributed by atoms with E-state index in [1.165, 1.54) is 0 Å². The van der Waals surface area contributed by atoms with Gasteiger partial charge < -0.3 is 0 Å². The van der Waals surface area contributed by atoms with E-state index in [1.807, 2.05) is 0 Å². The van der Waals surface area contributed by atoms with Gasteiger partial charge in [-0.1, -0.05) is 12.6 Å². The Hall–Kier alpha value is 0.127. The highest BCUT2D eigenvalue weighted by Crippen LogP contribution is 1.92. The Morgan fingerprint density at radius 3 is 2.44 bits per heavy atom. The molecule has 0 aliphatic rings. The first-order valence-corrected chi connectivity index (χ1v) is 7.04. The maximum Gasteiger partial charge on any atom is 0.264 e. The van der Waals surface area contributed by atoms with Crippen LogP contribution in [-0.4, -0.2) is 28.2 Å². The van der Waals surface area contributed by atoms with Crippen molar-refractivity contribution >= 4 is 19.6 Å². The summed E-state index contributed by atoms with van der Waals surface area (Å²) in [6, 6.07) is 1.000. The lowest BCUT2D eigenvalue weighted by Gasteiger charge is -1.92. The molecule has 0 bridgehead atoms. The highest BCUT2D eigenvalue weighted by atomic mass is 32.2. The van der Waals surface area contributed by atoms with Crippen LogP contribution in [0.15, 0.2) is 0 Å². The normalized spacial score (nSPS) is 13.1. The quantitative estimate of drug-likeness (QED) is 0.362. The monoisotopic (exact) mass is 168 g/mol. The van der Waals surface area contributed by atoms with E-state index in [-0.39, 0.29) is 15.3 Å². The molecule has 0 saturated heterocycles. The summed E-state index contributed by atoms with van der Waals surface area (Å²) in [5.74, 6) is -0.0617. The highest BCUT2D eigenvalue weighted by Gasteiger charge is 2.01. The van der Waals surface area contributed by atoms with Crippen LogP contribution in [0.3, 0.4) is 0 Å². The molecular formula is C4H12O3SSi. The molecule has 56 valence electrons. The third-order valence-corrected chi connectivity index (χ3v) is 3.02. The summed E-state index contributed by atoms with van der Waals surface area (Å²) in [6.07, 6.45) is 0.627. The van der Waals surface area contributed by atoms with Crippen LogP contribution in [0.5, 0.6) is 0 Å². The van der Waals surface area contributed by atoms with Gasteiger partial charge in [-0.2, -0.15) is 8.42 Å². The van der Waals surface area contributed by atoms with Gasteiger partial charge in [0.25, 0.3) is 10.1 Å². The van der Waals surface area contributed by atoms with Gasteiger partial charge >= 0.3 is 0 Å².